The first kappa shape index (κ1) is 16.5. The van der Waals surface area contributed by atoms with Gasteiger partial charge in [0.15, 0.2) is 0 Å². The van der Waals surface area contributed by atoms with Gasteiger partial charge in [0.25, 0.3) is 0 Å². The molecular weight excluding hydrogens is 236 g/mol. The number of carbonyl (C=O) groups excluding carboxylic acids is 1. The van der Waals surface area contributed by atoms with E-state index in [9.17, 15) is 4.79 Å². The molecule has 1 amide bonds. The summed E-state index contributed by atoms with van der Waals surface area (Å²) in [7, 11) is 0. The molecule has 112 valence electrons. The zero-order valence-corrected chi connectivity index (χ0v) is 13.0. The third-order valence-electron chi connectivity index (χ3n) is 4.25. The summed E-state index contributed by atoms with van der Waals surface area (Å²) in [5.41, 5.74) is 5.80. The molecule has 0 spiro atoms. The van der Waals surface area contributed by atoms with E-state index in [-0.39, 0.29) is 5.92 Å². The summed E-state index contributed by atoms with van der Waals surface area (Å²) in [4.78, 5) is 14.6. The summed E-state index contributed by atoms with van der Waals surface area (Å²) in [6.07, 6.45) is 7.12. The van der Waals surface area contributed by atoms with E-state index in [1.165, 1.54) is 25.7 Å². The summed E-state index contributed by atoms with van der Waals surface area (Å²) in [5, 5.41) is 0. The summed E-state index contributed by atoms with van der Waals surface area (Å²) in [6.45, 7) is 8.95. The number of nitrogens with two attached hydrogens (primary N) is 1. The highest BCUT2D eigenvalue weighted by atomic mass is 16.2. The maximum absolute atomic E-state index is 12.5. The van der Waals surface area contributed by atoms with Crippen LogP contribution >= 0.6 is 0 Å². The van der Waals surface area contributed by atoms with Gasteiger partial charge in [0, 0.05) is 19.6 Å². The van der Waals surface area contributed by atoms with Crippen molar-refractivity contribution in [1.29, 1.82) is 0 Å². The molecule has 3 heteroatoms. The van der Waals surface area contributed by atoms with Crippen LogP contribution in [0.1, 0.15) is 59.3 Å². The normalized spacial score (nSPS) is 22.4. The van der Waals surface area contributed by atoms with Gasteiger partial charge in [0.05, 0.1) is 5.92 Å². The van der Waals surface area contributed by atoms with Crippen LogP contribution in [0.2, 0.25) is 0 Å². The van der Waals surface area contributed by atoms with E-state index in [1.807, 2.05) is 0 Å². The number of hydrogen-bond acceptors (Lipinski definition) is 2. The average molecular weight is 268 g/mol. The Morgan fingerprint density at radius 2 is 2.05 bits per heavy atom. The van der Waals surface area contributed by atoms with Crippen molar-refractivity contribution in [2.45, 2.75) is 59.3 Å². The van der Waals surface area contributed by atoms with Gasteiger partial charge >= 0.3 is 0 Å². The quantitative estimate of drug-likeness (QED) is 0.805. The second kappa shape index (κ2) is 8.57. The molecule has 0 aromatic heterocycles. The van der Waals surface area contributed by atoms with Gasteiger partial charge in [0.1, 0.15) is 0 Å². The molecule has 2 unspecified atom stereocenters. The lowest BCUT2D eigenvalue weighted by Gasteiger charge is -2.26. The summed E-state index contributed by atoms with van der Waals surface area (Å²) in [5.74, 6) is 1.69. The van der Waals surface area contributed by atoms with Gasteiger partial charge < -0.3 is 10.6 Å². The van der Waals surface area contributed by atoms with Crippen molar-refractivity contribution in [2.24, 2.45) is 23.5 Å². The maximum Gasteiger partial charge on any atom is 0.226 e. The van der Waals surface area contributed by atoms with Crippen LogP contribution in [0.4, 0.5) is 0 Å². The van der Waals surface area contributed by atoms with Crippen molar-refractivity contribution in [2.75, 3.05) is 19.6 Å². The number of nitrogens with zero attached hydrogens (tertiary/aromatic N) is 1. The molecule has 0 bridgehead atoms. The Morgan fingerprint density at radius 3 is 2.63 bits per heavy atom. The van der Waals surface area contributed by atoms with Crippen molar-refractivity contribution >= 4 is 5.91 Å². The number of carbonyl (C=O) groups is 1. The molecule has 1 aliphatic rings. The monoisotopic (exact) mass is 268 g/mol. The van der Waals surface area contributed by atoms with Crippen molar-refractivity contribution in [1.82, 2.24) is 4.90 Å². The van der Waals surface area contributed by atoms with Gasteiger partial charge in [-0.1, -0.05) is 33.6 Å². The Labute approximate surface area is 118 Å². The van der Waals surface area contributed by atoms with Crippen molar-refractivity contribution in [3.05, 3.63) is 0 Å². The standard InChI is InChI=1S/C16H32N2O/c1-4-6-14-7-5-9-18(10-8-14)16(19)15(12-17)11-13(2)3/h13-15H,4-12,17H2,1-3H3. The highest BCUT2D eigenvalue weighted by Gasteiger charge is 2.26. The van der Waals surface area contributed by atoms with Crippen LogP contribution in [0.15, 0.2) is 0 Å². The molecule has 1 saturated heterocycles. The van der Waals surface area contributed by atoms with Gasteiger partial charge in [-0.05, 0) is 37.5 Å². The van der Waals surface area contributed by atoms with Gasteiger partial charge in [-0.25, -0.2) is 0 Å². The van der Waals surface area contributed by atoms with Crippen molar-refractivity contribution < 1.29 is 4.79 Å². The predicted octanol–water partition coefficient (Wildman–Crippen LogP) is 3.04. The van der Waals surface area contributed by atoms with Gasteiger partial charge in [-0.2, -0.15) is 0 Å². The second-order valence-corrected chi connectivity index (χ2v) is 6.47. The Kier molecular flexibility index (Phi) is 7.44. The minimum Gasteiger partial charge on any atom is -0.342 e. The van der Waals surface area contributed by atoms with Crippen molar-refractivity contribution in [3.8, 4) is 0 Å². The van der Waals surface area contributed by atoms with Crippen LogP contribution in [0, 0.1) is 17.8 Å². The Hall–Kier alpha value is -0.570. The molecule has 1 fully saturated rings. The zero-order valence-electron chi connectivity index (χ0n) is 13.0. The Bertz CT molecular complexity index is 265. The highest BCUT2D eigenvalue weighted by Crippen LogP contribution is 2.23. The van der Waals surface area contributed by atoms with E-state index >= 15 is 0 Å². The first-order valence-electron chi connectivity index (χ1n) is 8.07. The summed E-state index contributed by atoms with van der Waals surface area (Å²) >= 11 is 0. The lowest BCUT2D eigenvalue weighted by molar-refractivity contribution is -0.135. The molecule has 2 atom stereocenters. The van der Waals surface area contributed by atoms with E-state index in [4.69, 9.17) is 5.73 Å². The number of likely N-dealkylation sites (tertiary alicyclic amines) is 1. The molecule has 1 heterocycles. The minimum absolute atomic E-state index is 0.0303. The first-order chi connectivity index (χ1) is 9.08. The van der Waals surface area contributed by atoms with E-state index in [0.29, 0.717) is 18.4 Å². The Morgan fingerprint density at radius 1 is 1.32 bits per heavy atom. The van der Waals surface area contributed by atoms with Gasteiger partial charge in [-0.15, -0.1) is 0 Å². The van der Waals surface area contributed by atoms with Crippen LogP contribution in [0.25, 0.3) is 0 Å². The second-order valence-electron chi connectivity index (χ2n) is 6.47. The maximum atomic E-state index is 12.5. The van der Waals surface area contributed by atoms with Crippen LogP contribution in [-0.2, 0) is 4.79 Å². The van der Waals surface area contributed by atoms with Crippen LogP contribution in [-0.4, -0.2) is 30.4 Å². The van der Waals surface area contributed by atoms with Gasteiger partial charge in [-0.3, -0.25) is 4.79 Å². The number of hydrogen-bond donors (Lipinski definition) is 1. The van der Waals surface area contributed by atoms with Crippen LogP contribution < -0.4 is 5.73 Å². The lowest BCUT2D eigenvalue weighted by atomic mass is 9.95. The Balaban J connectivity index is 2.51. The molecule has 3 nitrogen and oxygen atoms in total. The molecule has 0 aromatic carbocycles. The summed E-state index contributed by atoms with van der Waals surface area (Å²) in [6, 6.07) is 0. The third kappa shape index (κ3) is 5.52. The zero-order chi connectivity index (χ0) is 14.3. The smallest absolute Gasteiger partial charge is 0.226 e. The fourth-order valence-electron chi connectivity index (χ4n) is 3.21. The van der Waals surface area contributed by atoms with Crippen molar-refractivity contribution in [3.63, 3.8) is 0 Å². The van der Waals surface area contributed by atoms with Gasteiger partial charge in [0.2, 0.25) is 5.91 Å². The molecule has 2 N–H and O–H groups in total. The minimum atomic E-state index is 0.0303. The SMILES string of the molecule is CCCC1CCCN(C(=O)C(CN)CC(C)C)CC1. The molecular formula is C16H32N2O. The molecule has 0 saturated carbocycles. The van der Waals surface area contributed by atoms with E-state index in [2.05, 4.69) is 25.7 Å². The molecule has 0 aromatic rings. The van der Waals surface area contributed by atoms with E-state index in [1.54, 1.807) is 0 Å². The number of amides is 1. The highest BCUT2D eigenvalue weighted by molar-refractivity contribution is 5.79. The number of rotatable bonds is 6. The molecule has 0 aliphatic carbocycles. The third-order valence-corrected chi connectivity index (χ3v) is 4.25. The molecule has 1 rings (SSSR count). The molecule has 19 heavy (non-hydrogen) atoms. The predicted molar refractivity (Wildman–Crippen MR) is 80.8 cm³/mol. The average Bonchev–Trinajstić information content (AvgIpc) is 2.61. The first-order valence-corrected chi connectivity index (χ1v) is 8.07. The summed E-state index contributed by atoms with van der Waals surface area (Å²) < 4.78 is 0. The molecule has 1 aliphatic heterocycles. The van der Waals surface area contributed by atoms with Crippen LogP contribution in [0.5, 0.6) is 0 Å². The fraction of sp³-hybridized carbons (Fsp3) is 0.938. The fourth-order valence-corrected chi connectivity index (χ4v) is 3.21. The largest absolute Gasteiger partial charge is 0.342 e. The lowest BCUT2D eigenvalue weighted by Crippen LogP contribution is -2.40. The van der Waals surface area contributed by atoms with Crippen LogP contribution in [0.3, 0.4) is 0 Å². The van der Waals surface area contributed by atoms with E-state index in [0.717, 1.165) is 31.8 Å². The topological polar surface area (TPSA) is 46.3 Å². The molecule has 0 radical (unpaired) electrons. The van der Waals surface area contributed by atoms with E-state index < -0.39 is 0 Å².